The summed E-state index contributed by atoms with van der Waals surface area (Å²) in [5.74, 6) is -1.36. The van der Waals surface area contributed by atoms with Gasteiger partial charge in [-0.05, 0) is 35.7 Å². The molecule has 2 atom stereocenters. The molecule has 0 bridgehead atoms. The number of hydrogen-bond acceptors (Lipinski definition) is 7. The Morgan fingerprint density at radius 2 is 1.69 bits per heavy atom. The maximum Gasteiger partial charge on any atom is 0.408 e. The Morgan fingerprint density at radius 1 is 1.00 bits per heavy atom. The second kappa shape index (κ2) is 13.3. The minimum Gasteiger partial charge on any atom is -0.454 e. The Kier molecular flexibility index (Phi) is 9.92. The molecule has 0 spiro atoms. The molecule has 1 aliphatic rings. The molecule has 0 aromatic heterocycles. The van der Waals surface area contributed by atoms with E-state index in [9.17, 15) is 14.4 Å². The van der Waals surface area contributed by atoms with Crippen molar-refractivity contribution in [1.29, 1.82) is 0 Å². The number of nitrogens with zero attached hydrogens (tertiary/aromatic N) is 1. The van der Waals surface area contributed by atoms with Gasteiger partial charge in [0, 0.05) is 24.5 Å². The summed E-state index contributed by atoms with van der Waals surface area (Å²) < 4.78 is 15.8. The minimum atomic E-state index is -0.927. The predicted molar refractivity (Wildman–Crippen MR) is 132 cm³/mol. The van der Waals surface area contributed by atoms with Crippen LogP contribution < -0.4 is 15.5 Å². The van der Waals surface area contributed by atoms with Crippen LogP contribution in [0.15, 0.2) is 54.6 Å². The van der Waals surface area contributed by atoms with E-state index in [4.69, 9.17) is 14.2 Å². The van der Waals surface area contributed by atoms with Gasteiger partial charge in [0.2, 0.25) is 0 Å². The molecule has 0 saturated carbocycles. The molecule has 2 aromatic rings. The molecule has 188 valence electrons. The summed E-state index contributed by atoms with van der Waals surface area (Å²) in [4.78, 5) is 39.4. The van der Waals surface area contributed by atoms with Crippen LogP contribution in [0.1, 0.15) is 25.8 Å². The van der Waals surface area contributed by atoms with Crippen LogP contribution in [-0.2, 0) is 30.4 Å². The molecule has 0 unspecified atom stereocenters. The van der Waals surface area contributed by atoms with Crippen molar-refractivity contribution >= 4 is 29.3 Å². The van der Waals surface area contributed by atoms with Gasteiger partial charge in [-0.25, -0.2) is 9.59 Å². The summed E-state index contributed by atoms with van der Waals surface area (Å²) in [7, 11) is 0. The summed E-state index contributed by atoms with van der Waals surface area (Å²) in [5, 5.41) is 5.28. The topological polar surface area (TPSA) is 106 Å². The summed E-state index contributed by atoms with van der Waals surface area (Å²) >= 11 is 0. The number of nitrogens with one attached hydrogen (secondary N) is 2. The van der Waals surface area contributed by atoms with E-state index in [1.54, 1.807) is 12.1 Å². The van der Waals surface area contributed by atoms with Crippen LogP contribution in [0.2, 0.25) is 0 Å². The lowest BCUT2D eigenvalue weighted by molar-refractivity contribution is -0.150. The summed E-state index contributed by atoms with van der Waals surface area (Å²) in [5.41, 5.74) is 2.49. The van der Waals surface area contributed by atoms with E-state index in [0.29, 0.717) is 25.3 Å². The van der Waals surface area contributed by atoms with E-state index >= 15 is 0 Å². The van der Waals surface area contributed by atoms with Gasteiger partial charge in [-0.3, -0.25) is 4.79 Å². The molecule has 2 N–H and O–H groups in total. The highest BCUT2D eigenvalue weighted by Crippen LogP contribution is 2.19. The first-order valence-corrected chi connectivity index (χ1v) is 11.8. The number of amides is 2. The van der Waals surface area contributed by atoms with Crippen molar-refractivity contribution in [2.75, 3.05) is 43.1 Å². The zero-order chi connectivity index (χ0) is 25.0. The average molecular weight is 484 g/mol. The largest absolute Gasteiger partial charge is 0.454 e. The van der Waals surface area contributed by atoms with Crippen molar-refractivity contribution in [3.8, 4) is 0 Å². The van der Waals surface area contributed by atoms with Crippen LogP contribution in [0.3, 0.4) is 0 Å². The first-order chi connectivity index (χ1) is 17.0. The van der Waals surface area contributed by atoms with Crippen LogP contribution in [-0.4, -0.2) is 56.9 Å². The number of anilines is 2. The fourth-order valence-electron chi connectivity index (χ4n) is 3.56. The second-order valence-electron chi connectivity index (χ2n) is 8.37. The zero-order valence-electron chi connectivity index (χ0n) is 20.2. The number of esters is 1. The quantitative estimate of drug-likeness (QED) is 0.499. The van der Waals surface area contributed by atoms with Crippen molar-refractivity contribution in [3.63, 3.8) is 0 Å². The first kappa shape index (κ1) is 26.0. The maximum atomic E-state index is 12.6. The minimum absolute atomic E-state index is 0.0850. The number of alkyl carbamates (subject to hydrolysis) is 1. The molecule has 1 saturated heterocycles. The van der Waals surface area contributed by atoms with E-state index in [1.807, 2.05) is 56.3 Å². The lowest BCUT2D eigenvalue weighted by Crippen LogP contribution is -2.46. The van der Waals surface area contributed by atoms with Crippen molar-refractivity contribution in [3.05, 3.63) is 60.2 Å². The molecule has 9 heteroatoms. The number of rotatable bonds is 10. The van der Waals surface area contributed by atoms with Gasteiger partial charge in [-0.2, -0.15) is 0 Å². The fraction of sp³-hybridized carbons (Fsp3) is 0.423. The van der Waals surface area contributed by atoms with Gasteiger partial charge in [0.15, 0.2) is 6.61 Å². The van der Waals surface area contributed by atoms with Crippen LogP contribution in [0.25, 0.3) is 0 Å². The SMILES string of the molecule is CC[C@@H](C)[C@@H](NC(=O)OCc1ccccc1)C(=O)OCC(=O)Nc1ccc(N2CCOCC2)cc1. The molecule has 3 rings (SSSR count). The normalized spacial score (nSPS) is 15.0. The molecular weight excluding hydrogens is 450 g/mol. The first-order valence-electron chi connectivity index (χ1n) is 11.8. The van der Waals surface area contributed by atoms with E-state index in [-0.39, 0.29) is 12.5 Å². The van der Waals surface area contributed by atoms with Gasteiger partial charge in [0.05, 0.1) is 13.2 Å². The highest BCUT2D eigenvalue weighted by atomic mass is 16.6. The Bertz CT molecular complexity index is 961. The molecule has 1 fully saturated rings. The van der Waals surface area contributed by atoms with Gasteiger partial charge in [0.25, 0.3) is 5.91 Å². The number of ether oxygens (including phenoxy) is 3. The molecular formula is C26H33N3O6. The van der Waals surface area contributed by atoms with Crippen molar-refractivity contribution in [2.45, 2.75) is 32.9 Å². The van der Waals surface area contributed by atoms with Crippen molar-refractivity contribution in [2.24, 2.45) is 5.92 Å². The molecule has 0 aliphatic carbocycles. The third-order valence-electron chi connectivity index (χ3n) is 5.83. The molecule has 35 heavy (non-hydrogen) atoms. The lowest BCUT2D eigenvalue weighted by atomic mass is 9.99. The van der Waals surface area contributed by atoms with E-state index in [2.05, 4.69) is 15.5 Å². The third-order valence-corrected chi connectivity index (χ3v) is 5.83. The Hall–Kier alpha value is -3.59. The van der Waals surface area contributed by atoms with Gasteiger partial charge >= 0.3 is 12.1 Å². The van der Waals surface area contributed by atoms with Gasteiger partial charge in [-0.15, -0.1) is 0 Å². The monoisotopic (exact) mass is 483 g/mol. The van der Waals surface area contributed by atoms with Crippen LogP contribution in [0.4, 0.5) is 16.2 Å². The van der Waals surface area contributed by atoms with Crippen molar-refractivity contribution in [1.82, 2.24) is 5.32 Å². The van der Waals surface area contributed by atoms with Gasteiger partial charge < -0.3 is 29.7 Å². The lowest BCUT2D eigenvalue weighted by Gasteiger charge is -2.28. The second-order valence-corrected chi connectivity index (χ2v) is 8.37. The number of hydrogen-bond donors (Lipinski definition) is 2. The fourth-order valence-corrected chi connectivity index (χ4v) is 3.56. The highest BCUT2D eigenvalue weighted by molar-refractivity contribution is 5.93. The standard InChI is InChI=1S/C26H33N3O6/c1-3-19(2)24(28-26(32)35-17-20-7-5-4-6-8-20)25(31)34-18-23(30)27-21-9-11-22(12-10-21)29-13-15-33-16-14-29/h4-12,19,24H,3,13-18H2,1-2H3,(H,27,30)(H,28,32)/t19-,24-/m1/s1. The smallest absolute Gasteiger partial charge is 0.408 e. The third kappa shape index (κ3) is 8.29. The number of carbonyl (C=O) groups is 3. The molecule has 2 aromatic carbocycles. The van der Waals surface area contributed by atoms with E-state index in [0.717, 1.165) is 24.3 Å². The van der Waals surface area contributed by atoms with E-state index < -0.39 is 30.6 Å². The molecule has 9 nitrogen and oxygen atoms in total. The maximum absolute atomic E-state index is 12.6. The highest BCUT2D eigenvalue weighted by Gasteiger charge is 2.28. The van der Waals surface area contributed by atoms with E-state index in [1.165, 1.54) is 0 Å². The van der Waals surface area contributed by atoms with Gasteiger partial charge in [0.1, 0.15) is 12.6 Å². The molecule has 1 aliphatic heterocycles. The molecule has 1 heterocycles. The number of morpholine rings is 1. The number of benzene rings is 2. The molecule has 2 amide bonds. The predicted octanol–water partition coefficient (Wildman–Crippen LogP) is 3.35. The van der Waals surface area contributed by atoms with Crippen molar-refractivity contribution < 1.29 is 28.6 Å². The zero-order valence-corrected chi connectivity index (χ0v) is 20.2. The average Bonchev–Trinajstić information content (AvgIpc) is 2.90. The van der Waals surface area contributed by atoms with Gasteiger partial charge in [-0.1, -0.05) is 50.6 Å². The molecule has 0 radical (unpaired) electrons. The summed E-state index contributed by atoms with van der Waals surface area (Å²) in [6.07, 6.45) is -0.0960. The number of carbonyl (C=O) groups excluding carboxylic acids is 3. The summed E-state index contributed by atoms with van der Waals surface area (Å²) in [6.45, 7) is 6.38. The summed E-state index contributed by atoms with van der Waals surface area (Å²) in [6, 6.07) is 15.8. The Labute approximate surface area is 205 Å². The Morgan fingerprint density at radius 3 is 2.34 bits per heavy atom. The Balaban J connectivity index is 1.46. The van der Waals surface area contributed by atoms with Crippen LogP contribution in [0.5, 0.6) is 0 Å². The van der Waals surface area contributed by atoms with Crippen LogP contribution in [0, 0.1) is 5.92 Å². The van der Waals surface area contributed by atoms with Crippen LogP contribution >= 0.6 is 0 Å².